The van der Waals surface area contributed by atoms with Crippen molar-refractivity contribution in [1.82, 2.24) is 0 Å². The minimum Gasteiger partial charge on any atom is -0.493 e. The van der Waals surface area contributed by atoms with Gasteiger partial charge in [0.1, 0.15) is 5.69 Å². The largest absolute Gasteiger partial charge is 0.493 e. The van der Waals surface area contributed by atoms with Gasteiger partial charge in [-0.05, 0) is 19.3 Å². The minimum absolute atomic E-state index is 0.0504. The third-order valence-electron chi connectivity index (χ3n) is 3.68. The number of nitro groups is 1. The van der Waals surface area contributed by atoms with Crippen LogP contribution in [0.3, 0.4) is 0 Å². The summed E-state index contributed by atoms with van der Waals surface area (Å²) in [7, 11) is 2.93. The zero-order valence-electron chi connectivity index (χ0n) is 11.6. The topological polar surface area (TPSA) is 99.7 Å². The molecule has 0 bridgehead atoms. The van der Waals surface area contributed by atoms with Crippen LogP contribution in [0.1, 0.15) is 19.3 Å². The summed E-state index contributed by atoms with van der Waals surface area (Å²) in [6, 6.07) is 2.92. The van der Waals surface area contributed by atoms with Gasteiger partial charge in [0.25, 0.3) is 5.69 Å². The van der Waals surface area contributed by atoms with Crippen LogP contribution in [0.2, 0.25) is 0 Å². The average Bonchev–Trinajstić information content (AvgIpc) is 2.41. The highest BCUT2D eigenvalue weighted by Gasteiger charge is 2.33. The number of nitro benzene ring substituents is 1. The number of benzene rings is 1. The van der Waals surface area contributed by atoms with Gasteiger partial charge in [0, 0.05) is 18.2 Å². The van der Waals surface area contributed by atoms with E-state index in [0.29, 0.717) is 23.7 Å². The lowest BCUT2D eigenvalue weighted by Crippen LogP contribution is -2.52. The summed E-state index contributed by atoms with van der Waals surface area (Å²) in [5.41, 5.74) is 6.19. The lowest BCUT2D eigenvalue weighted by atomic mass is 9.78. The van der Waals surface area contributed by atoms with E-state index in [1.807, 2.05) is 0 Å². The van der Waals surface area contributed by atoms with Crippen LogP contribution in [-0.4, -0.2) is 31.2 Å². The maximum atomic E-state index is 11.1. The molecule has 0 aliphatic heterocycles. The van der Waals surface area contributed by atoms with Crippen LogP contribution in [0.4, 0.5) is 11.4 Å². The molecule has 7 nitrogen and oxygen atoms in total. The molecular weight excluding hydrogens is 262 g/mol. The second kappa shape index (κ2) is 5.54. The fourth-order valence-corrected chi connectivity index (χ4v) is 2.24. The number of nitrogens with zero attached hydrogens (tertiary/aromatic N) is 1. The van der Waals surface area contributed by atoms with Crippen LogP contribution >= 0.6 is 0 Å². The molecule has 20 heavy (non-hydrogen) atoms. The fraction of sp³-hybridized carbons (Fsp3) is 0.538. The molecule has 1 aromatic rings. The Bertz CT molecular complexity index is 515. The third kappa shape index (κ3) is 2.77. The molecular formula is C13H19N3O4. The third-order valence-corrected chi connectivity index (χ3v) is 3.68. The lowest BCUT2D eigenvalue weighted by molar-refractivity contribution is -0.384. The number of nitrogens with one attached hydrogen (secondary N) is 1. The highest BCUT2D eigenvalue weighted by atomic mass is 16.6. The Morgan fingerprint density at radius 3 is 2.40 bits per heavy atom. The van der Waals surface area contributed by atoms with Crippen molar-refractivity contribution in [2.75, 3.05) is 26.1 Å². The van der Waals surface area contributed by atoms with Crippen LogP contribution in [0.15, 0.2) is 12.1 Å². The number of methoxy groups -OCH3 is 2. The van der Waals surface area contributed by atoms with Crippen molar-refractivity contribution in [2.45, 2.75) is 24.8 Å². The molecule has 1 aliphatic carbocycles. The van der Waals surface area contributed by atoms with E-state index >= 15 is 0 Å². The predicted octanol–water partition coefficient (Wildman–Crippen LogP) is 1.91. The molecule has 0 aromatic heterocycles. The summed E-state index contributed by atoms with van der Waals surface area (Å²) in [5, 5.41) is 14.2. The zero-order chi connectivity index (χ0) is 14.8. The van der Waals surface area contributed by atoms with Gasteiger partial charge in [-0.25, -0.2) is 0 Å². The molecule has 7 heteroatoms. The van der Waals surface area contributed by atoms with Crippen molar-refractivity contribution < 1.29 is 14.4 Å². The van der Waals surface area contributed by atoms with Gasteiger partial charge in [-0.2, -0.15) is 0 Å². The summed E-state index contributed by atoms with van der Waals surface area (Å²) in [6.45, 7) is 0.503. The van der Waals surface area contributed by atoms with Gasteiger partial charge in [0.05, 0.1) is 25.2 Å². The molecule has 1 aliphatic rings. The number of hydrogen-bond acceptors (Lipinski definition) is 6. The van der Waals surface area contributed by atoms with Gasteiger partial charge >= 0.3 is 0 Å². The summed E-state index contributed by atoms with van der Waals surface area (Å²) in [6.07, 6.45) is 2.97. The molecule has 1 aromatic carbocycles. The normalized spacial score (nSPS) is 16.1. The number of nitrogens with two attached hydrogens (primary N) is 1. The van der Waals surface area contributed by atoms with Crippen molar-refractivity contribution in [3.63, 3.8) is 0 Å². The maximum absolute atomic E-state index is 11.1. The Labute approximate surface area is 117 Å². The van der Waals surface area contributed by atoms with E-state index in [2.05, 4.69) is 5.32 Å². The first-order chi connectivity index (χ1) is 9.49. The molecule has 3 N–H and O–H groups in total. The van der Waals surface area contributed by atoms with Gasteiger partial charge in [0.15, 0.2) is 11.5 Å². The second-order valence-corrected chi connectivity index (χ2v) is 5.05. The standard InChI is InChI=1S/C13H19N3O4/c1-19-11-6-9(15-8-13(14)4-3-5-13)10(16(17)18)7-12(11)20-2/h6-7,15H,3-5,8,14H2,1-2H3. The molecule has 0 spiro atoms. The van der Waals surface area contributed by atoms with E-state index in [9.17, 15) is 10.1 Å². The maximum Gasteiger partial charge on any atom is 0.296 e. The summed E-state index contributed by atoms with van der Waals surface area (Å²) in [5.74, 6) is 0.774. The Morgan fingerprint density at radius 2 is 1.95 bits per heavy atom. The summed E-state index contributed by atoms with van der Waals surface area (Å²) < 4.78 is 10.2. The highest BCUT2D eigenvalue weighted by Crippen LogP contribution is 2.38. The van der Waals surface area contributed by atoms with Crippen molar-refractivity contribution in [3.05, 3.63) is 22.2 Å². The number of hydrogen-bond donors (Lipinski definition) is 2. The molecule has 1 saturated carbocycles. The highest BCUT2D eigenvalue weighted by molar-refractivity contribution is 5.68. The Morgan fingerprint density at radius 1 is 1.35 bits per heavy atom. The fourth-order valence-electron chi connectivity index (χ4n) is 2.24. The minimum atomic E-state index is -0.450. The number of anilines is 1. The molecule has 110 valence electrons. The Kier molecular flexibility index (Phi) is 3.99. The molecule has 0 unspecified atom stereocenters. The van der Waals surface area contributed by atoms with Crippen molar-refractivity contribution in [3.8, 4) is 11.5 Å². The van der Waals surface area contributed by atoms with Crippen LogP contribution in [0.5, 0.6) is 11.5 Å². The number of rotatable bonds is 6. The summed E-state index contributed by atoms with van der Waals surface area (Å²) in [4.78, 5) is 10.7. The molecule has 0 amide bonds. The van der Waals surface area contributed by atoms with Crippen LogP contribution < -0.4 is 20.5 Å². The van der Waals surface area contributed by atoms with Gasteiger partial charge in [-0.3, -0.25) is 10.1 Å². The van der Waals surface area contributed by atoms with Crippen molar-refractivity contribution >= 4 is 11.4 Å². The van der Waals surface area contributed by atoms with Gasteiger partial charge < -0.3 is 20.5 Å². The Balaban J connectivity index is 2.26. The van der Waals surface area contributed by atoms with E-state index in [-0.39, 0.29) is 11.2 Å². The molecule has 0 atom stereocenters. The van der Waals surface area contributed by atoms with Crippen LogP contribution in [0, 0.1) is 10.1 Å². The smallest absolute Gasteiger partial charge is 0.296 e. The quantitative estimate of drug-likeness (QED) is 0.610. The first-order valence-corrected chi connectivity index (χ1v) is 6.42. The van der Waals surface area contributed by atoms with Gasteiger partial charge in [0.2, 0.25) is 0 Å². The van der Waals surface area contributed by atoms with E-state index in [1.165, 1.54) is 20.3 Å². The van der Waals surface area contributed by atoms with E-state index < -0.39 is 4.92 Å². The SMILES string of the molecule is COc1cc(NCC2(N)CCC2)c([N+](=O)[O-])cc1OC. The zero-order valence-corrected chi connectivity index (χ0v) is 11.6. The molecule has 0 radical (unpaired) electrons. The second-order valence-electron chi connectivity index (χ2n) is 5.05. The lowest BCUT2D eigenvalue weighted by Gasteiger charge is -2.38. The average molecular weight is 281 g/mol. The summed E-state index contributed by atoms with van der Waals surface area (Å²) >= 11 is 0. The first kappa shape index (κ1) is 14.4. The van der Waals surface area contributed by atoms with Gasteiger partial charge in [-0.15, -0.1) is 0 Å². The monoisotopic (exact) mass is 281 g/mol. The van der Waals surface area contributed by atoms with Crippen LogP contribution in [0.25, 0.3) is 0 Å². The van der Waals surface area contributed by atoms with Crippen LogP contribution in [-0.2, 0) is 0 Å². The van der Waals surface area contributed by atoms with E-state index in [4.69, 9.17) is 15.2 Å². The van der Waals surface area contributed by atoms with Gasteiger partial charge in [-0.1, -0.05) is 0 Å². The number of ether oxygens (including phenoxy) is 2. The van der Waals surface area contributed by atoms with E-state index in [1.54, 1.807) is 6.07 Å². The van der Waals surface area contributed by atoms with E-state index in [0.717, 1.165) is 19.3 Å². The molecule has 1 fully saturated rings. The first-order valence-electron chi connectivity index (χ1n) is 6.42. The van der Waals surface area contributed by atoms with Crippen molar-refractivity contribution in [2.24, 2.45) is 5.73 Å². The van der Waals surface area contributed by atoms with Crippen molar-refractivity contribution in [1.29, 1.82) is 0 Å². The molecule has 0 heterocycles. The predicted molar refractivity (Wildman–Crippen MR) is 75.5 cm³/mol. The molecule has 2 rings (SSSR count). The Hall–Kier alpha value is -2.02. The molecule has 0 saturated heterocycles.